The molecule has 1 N–H and O–H groups in total. The molecule has 2 aromatic rings. The molecule has 2 heterocycles. The van der Waals surface area contributed by atoms with E-state index in [1.807, 2.05) is 6.92 Å². The van der Waals surface area contributed by atoms with Crippen molar-refractivity contribution in [2.45, 2.75) is 50.9 Å². The normalized spacial score (nSPS) is 25.9. The predicted molar refractivity (Wildman–Crippen MR) is 117 cm³/mol. The molecule has 4 rings (SSSR count). The Morgan fingerprint density at radius 1 is 1.28 bits per heavy atom. The Morgan fingerprint density at radius 3 is 2.72 bits per heavy atom. The summed E-state index contributed by atoms with van der Waals surface area (Å²) in [4.78, 5) is 19.0. The molecule has 5 nitrogen and oxygen atoms in total. The van der Waals surface area contributed by atoms with Crippen molar-refractivity contribution >= 4 is 5.97 Å². The van der Waals surface area contributed by atoms with Crippen LogP contribution in [0.5, 0.6) is 5.88 Å². The van der Waals surface area contributed by atoms with Gasteiger partial charge in [-0.05, 0) is 86.4 Å². The van der Waals surface area contributed by atoms with Crippen molar-refractivity contribution in [3.8, 4) is 5.88 Å². The standard InChI is InChI=1S/C25H30F2N2O3/c1-16-20(6-5-7-21(16)26)25(24(30)31)9-8-19(17(25)2)18-14-22(27)23(28-15-18)32-13-12-29-10-3-4-11-29/h5-7,14-15,17,19H,3-4,8-13H2,1-2H3,(H,30,31)/t17?,19?,25-/m0/s1. The Morgan fingerprint density at radius 2 is 2.03 bits per heavy atom. The first-order chi connectivity index (χ1) is 15.3. The minimum atomic E-state index is -1.22. The second kappa shape index (κ2) is 9.14. The molecule has 32 heavy (non-hydrogen) atoms. The van der Waals surface area contributed by atoms with E-state index in [9.17, 15) is 18.7 Å². The van der Waals surface area contributed by atoms with Gasteiger partial charge >= 0.3 is 5.97 Å². The lowest BCUT2D eigenvalue weighted by atomic mass is 9.69. The number of carboxylic acid groups (broad SMARTS) is 1. The number of benzene rings is 1. The van der Waals surface area contributed by atoms with Crippen molar-refractivity contribution in [3.63, 3.8) is 0 Å². The Kier molecular flexibility index (Phi) is 6.47. The maximum Gasteiger partial charge on any atom is 0.314 e. The second-order valence-electron chi connectivity index (χ2n) is 9.08. The van der Waals surface area contributed by atoms with Crippen LogP contribution in [0.1, 0.15) is 55.2 Å². The summed E-state index contributed by atoms with van der Waals surface area (Å²) in [6.45, 7) is 6.70. The maximum absolute atomic E-state index is 14.8. The van der Waals surface area contributed by atoms with Crippen LogP contribution in [-0.4, -0.2) is 47.2 Å². The molecule has 1 saturated heterocycles. The largest absolute Gasteiger partial charge is 0.481 e. The highest BCUT2D eigenvalue weighted by Crippen LogP contribution is 2.54. The lowest BCUT2D eigenvalue weighted by Crippen LogP contribution is -2.40. The number of halogens is 2. The fourth-order valence-electron chi connectivity index (χ4n) is 5.57. The molecule has 1 aliphatic carbocycles. The van der Waals surface area contributed by atoms with E-state index in [0.29, 0.717) is 36.1 Å². The monoisotopic (exact) mass is 444 g/mol. The van der Waals surface area contributed by atoms with Gasteiger partial charge in [0.2, 0.25) is 5.88 Å². The van der Waals surface area contributed by atoms with Crippen LogP contribution in [0.25, 0.3) is 0 Å². The van der Waals surface area contributed by atoms with E-state index in [1.54, 1.807) is 25.3 Å². The van der Waals surface area contributed by atoms with Crippen molar-refractivity contribution in [2.75, 3.05) is 26.2 Å². The predicted octanol–water partition coefficient (Wildman–Crippen LogP) is 4.68. The number of likely N-dealkylation sites (tertiary alicyclic amines) is 1. The molecule has 2 aliphatic rings. The van der Waals surface area contributed by atoms with Crippen LogP contribution < -0.4 is 4.74 Å². The average Bonchev–Trinajstić information content (AvgIpc) is 3.40. The number of nitrogens with zero attached hydrogens (tertiary/aromatic N) is 2. The Balaban J connectivity index is 1.53. The number of ether oxygens (including phenoxy) is 1. The van der Waals surface area contributed by atoms with Crippen LogP contribution in [0.3, 0.4) is 0 Å². The zero-order chi connectivity index (χ0) is 22.9. The van der Waals surface area contributed by atoms with Gasteiger partial charge in [-0.2, -0.15) is 0 Å². The highest BCUT2D eigenvalue weighted by Gasteiger charge is 2.54. The molecule has 1 aromatic carbocycles. The van der Waals surface area contributed by atoms with Gasteiger partial charge in [0.1, 0.15) is 12.4 Å². The fraction of sp³-hybridized carbons (Fsp3) is 0.520. The van der Waals surface area contributed by atoms with Gasteiger partial charge in [0.05, 0.1) is 5.41 Å². The third kappa shape index (κ3) is 3.98. The van der Waals surface area contributed by atoms with Gasteiger partial charge in [-0.25, -0.2) is 13.8 Å². The average molecular weight is 445 g/mol. The van der Waals surface area contributed by atoms with Gasteiger partial charge in [-0.15, -0.1) is 0 Å². The first-order valence-corrected chi connectivity index (χ1v) is 11.3. The van der Waals surface area contributed by atoms with Gasteiger partial charge in [0, 0.05) is 12.7 Å². The van der Waals surface area contributed by atoms with Crippen LogP contribution in [0.4, 0.5) is 8.78 Å². The first-order valence-electron chi connectivity index (χ1n) is 11.3. The van der Waals surface area contributed by atoms with Gasteiger partial charge in [0.15, 0.2) is 5.82 Å². The van der Waals surface area contributed by atoms with E-state index >= 15 is 0 Å². The smallest absolute Gasteiger partial charge is 0.314 e. The SMILES string of the molecule is Cc1c(F)cccc1[C@]1(C(=O)O)CCC(c2cnc(OCCN3CCCC3)c(F)c2)C1C. The molecular formula is C25H30F2N2O3. The van der Waals surface area contributed by atoms with E-state index < -0.39 is 23.0 Å². The Bertz CT molecular complexity index is 993. The summed E-state index contributed by atoms with van der Waals surface area (Å²) in [7, 11) is 0. The summed E-state index contributed by atoms with van der Waals surface area (Å²) >= 11 is 0. The van der Waals surface area contributed by atoms with Gasteiger partial charge in [-0.3, -0.25) is 9.69 Å². The minimum absolute atomic E-state index is 0.0240. The highest BCUT2D eigenvalue weighted by atomic mass is 19.1. The molecule has 2 fully saturated rings. The van der Waals surface area contributed by atoms with E-state index in [2.05, 4.69) is 9.88 Å². The lowest BCUT2D eigenvalue weighted by molar-refractivity contribution is -0.145. The summed E-state index contributed by atoms with van der Waals surface area (Å²) in [6, 6.07) is 6.00. The third-order valence-electron chi connectivity index (χ3n) is 7.46. The summed E-state index contributed by atoms with van der Waals surface area (Å²) < 4.78 is 34.6. The number of aliphatic carboxylic acids is 1. The van der Waals surface area contributed by atoms with Crippen molar-refractivity contribution < 1.29 is 23.4 Å². The number of aromatic nitrogens is 1. The molecule has 1 saturated carbocycles. The number of carboxylic acids is 1. The van der Waals surface area contributed by atoms with Gasteiger partial charge in [-0.1, -0.05) is 19.1 Å². The molecule has 1 aromatic heterocycles. The van der Waals surface area contributed by atoms with E-state index in [0.717, 1.165) is 19.6 Å². The summed E-state index contributed by atoms with van der Waals surface area (Å²) in [5.41, 5.74) is 0.279. The first kappa shape index (κ1) is 22.6. The van der Waals surface area contributed by atoms with Crippen molar-refractivity contribution in [2.24, 2.45) is 5.92 Å². The van der Waals surface area contributed by atoms with Crippen LogP contribution in [-0.2, 0) is 10.2 Å². The Labute approximate surface area is 187 Å². The molecule has 7 heteroatoms. The van der Waals surface area contributed by atoms with E-state index in [1.165, 1.54) is 25.0 Å². The van der Waals surface area contributed by atoms with Gasteiger partial charge < -0.3 is 9.84 Å². The van der Waals surface area contributed by atoms with Gasteiger partial charge in [0.25, 0.3) is 0 Å². The molecule has 0 radical (unpaired) electrons. The molecule has 172 valence electrons. The molecular weight excluding hydrogens is 414 g/mol. The highest BCUT2D eigenvalue weighted by molar-refractivity contribution is 5.83. The molecule has 0 amide bonds. The van der Waals surface area contributed by atoms with Crippen LogP contribution in [0, 0.1) is 24.5 Å². The van der Waals surface area contributed by atoms with Crippen LogP contribution in [0.15, 0.2) is 30.5 Å². The molecule has 0 spiro atoms. The summed E-state index contributed by atoms with van der Waals surface area (Å²) in [6.07, 6.45) is 4.88. The Hall–Kier alpha value is -2.54. The number of carbonyl (C=O) groups is 1. The van der Waals surface area contributed by atoms with Crippen molar-refractivity contribution in [1.29, 1.82) is 0 Å². The second-order valence-corrected chi connectivity index (χ2v) is 9.08. The quantitative estimate of drug-likeness (QED) is 0.672. The van der Waals surface area contributed by atoms with Crippen molar-refractivity contribution in [3.05, 3.63) is 58.8 Å². The number of pyridine rings is 1. The number of rotatable bonds is 7. The molecule has 1 aliphatic heterocycles. The third-order valence-corrected chi connectivity index (χ3v) is 7.46. The van der Waals surface area contributed by atoms with E-state index in [-0.39, 0.29) is 17.7 Å². The summed E-state index contributed by atoms with van der Waals surface area (Å²) in [5.74, 6) is -2.51. The fourth-order valence-corrected chi connectivity index (χ4v) is 5.57. The molecule has 2 unspecified atom stereocenters. The van der Waals surface area contributed by atoms with Crippen LogP contribution in [0.2, 0.25) is 0 Å². The molecule has 0 bridgehead atoms. The van der Waals surface area contributed by atoms with E-state index in [4.69, 9.17) is 4.74 Å². The zero-order valence-corrected chi connectivity index (χ0v) is 18.6. The maximum atomic E-state index is 14.8. The number of hydrogen-bond donors (Lipinski definition) is 1. The van der Waals surface area contributed by atoms with Crippen molar-refractivity contribution in [1.82, 2.24) is 9.88 Å². The number of hydrogen-bond acceptors (Lipinski definition) is 4. The minimum Gasteiger partial charge on any atom is -0.481 e. The topological polar surface area (TPSA) is 62.7 Å². The zero-order valence-electron chi connectivity index (χ0n) is 18.6. The lowest BCUT2D eigenvalue weighted by Gasteiger charge is -2.33. The molecule has 3 atom stereocenters. The summed E-state index contributed by atoms with van der Waals surface area (Å²) in [5, 5.41) is 10.2. The van der Waals surface area contributed by atoms with Crippen LogP contribution >= 0.6 is 0 Å².